The molecule has 0 unspecified atom stereocenters. The van der Waals surface area contributed by atoms with Gasteiger partial charge in [-0.25, -0.2) is 0 Å². The smallest absolute Gasteiger partial charge is 0.282 e. The van der Waals surface area contributed by atoms with Gasteiger partial charge in [0.15, 0.2) is 11.9 Å². The molecule has 0 aliphatic carbocycles. The molecule has 0 fully saturated rings. The zero-order valence-electron chi connectivity index (χ0n) is 9.13. The Kier molecular flexibility index (Phi) is 3.47. The topological polar surface area (TPSA) is 24.1 Å². The number of nitrogens with zero attached hydrogens (tertiary/aromatic N) is 1. The summed E-state index contributed by atoms with van der Waals surface area (Å²) in [6, 6.07) is 13.8. The van der Waals surface area contributed by atoms with Crippen molar-refractivity contribution >= 4 is 11.8 Å². The van der Waals surface area contributed by atoms with E-state index in [9.17, 15) is 5.11 Å². The van der Waals surface area contributed by atoms with Gasteiger partial charge in [0, 0.05) is 11.8 Å². The van der Waals surface area contributed by atoms with E-state index < -0.39 is 0 Å². The van der Waals surface area contributed by atoms with Gasteiger partial charge in [-0.05, 0) is 23.4 Å². The van der Waals surface area contributed by atoms with Crippen molar-refractivity contribution in [2.24, 2.45) is 7.05 Å². The summed E-state index contributed by atoms with van der Waals surface area (Å²) in [5, 5.41) is 10.6. The summed E-state index contributed by atoms with van der Waals surface area (Å²) < 4.78 is 1.93. The monoisotopic (exact) mass is 232 g/mol. The Balaban J connectivity index is 2.11. The first-order valence-corrected chi connectivity index (χ1v) is 6.10. The minimum absolute atomic E-state index is 0.339. The summed E-state index contributed by atoms with van der Waals surface area (Å²) in [7, 11) is 1.94. The molecule has 0 amide bonds. The van der Waals surface area contributed by atoms with E-state index in [0.717, 1.165) is 10.8 Å². The molecule has 2 nitrogen and oxygen atoms in total. The second-order valence-corrected chi connectivity index (χ2v) is 4.55. The Hall–Kier alpha value is -1.48. The van der Waals surface area contributed by atoms with Crippen LogP contribution in [0, 0.1) is 0 Å². The minimum atomic E-state index is 0.339. The van der Waals surface area contributed by atoms with Crippen molar-refractivity contribution in [2.75, 3.05) is 0 Å². The first-order valence-electron chi connectivity index (χ1n) is 5.12. The van der Waals surface area contributed by atoms with Gasteiger partial charge >= 0.3 is 0 Å². The zero-order chi connectivity index (χ0) is 11.4. The van der Waals surface area contributed by atoms with Crippen molar-refractivity contribution in [1.82, 2.24) is 0 Å². The zero-order valence-corrected chi connectivity index (χ0v) is 9.95. The van der Waals surface area contributed by atoms with Gasteiger partial charge in [-0.1, -0.05) is 30.3 Å². The van der Waals surface area contributed by atoms with Crippen molar-refractivity contribution < 1.29 is 9.67 Å². The van der Waals surface area contributed by atoms with Gasteiger partial charge in [0.05, 0.1) is 0 Å². The summed E-state index contributed by atoms with van der Waals surface area (Å²) >= 11 is 1.64. The van der Waals surface area contributed by atoms with Crippen molar-refractivity contribution in [1.29, 1.82) is 0 Å². The van der Waals surface area contributed by atoms with Crippen molar-refractivity contribution in [3.8, 4) is 5.75 Å². The van der Waals surface area contributed by atoms with E-state index in [2.05, 4.69) is 12.1 Å². The fourth-order valence-corrected chi connectivity index (χ4v) is 2.46. The molecule has 1 heterocycles. The normalized spacial score (nSPS) is 10.3. The van der Waals surface area contributed by atoms with Gasteiger partial charge in [-0.15, -0.1) is 0 Å². The summed E-state index contributed by atoms with van der Waals surface area (Å²) in [5.74, 6) is 1.21. The molecule has 2 rings (SSSR count). The average Bonchev–Trinajstić information content (AvgIpc) is 2.30. The van der Waals surface area contributed by atoms with Crippen LogP contribution < -0.4 is 4.57 Å². The summed E-state index contributed by atoms with van der Waals surface area (Å²) in [6.45, 7) is 0. The van der Waals surface area contributed by atoms with Crippen LogP contribution in [-0.2, 0) is 12.8 Å². The number of aromatic nitrogens is 1. The van der Waals surface area contributed by atoms with Crippen LogP contribution in [0.15, 0.2) is 53.7 Å². The molecular formula is C13H14NOS+. The van der Waals surface area contributed by atoms with E-state index in [-0.39, 0.29) is 0 Å². The first kappa shape index (κ1) is 11.0. The molecular weight excluding hydrogens is 218 g/mol. The molecule has 0 saturated carbocycles. The SMILES string of the molecule is C[n+]1cccc(O)c1SCc1ccccc1. The van der Waals surface area contributed by atoms with Gasteiger partial charge in [-0.2, -0.15) is 4.57 Å². The molecule has 0 bridgehead atoms. The maximum atomic E-state index is 9.73. The Morgan fingerprint density at radius 1 is 1.12 bits per heavy atom. The highest BCUT2D eigenvalue weighted by atomic mass is 32.2. The van der Waals surface area contributed by atoms with Crippen LogP contribution in [0.25, 0.3) is 0 Å². The molecule has 0 radical (unpaired) electrons. The minimum Gasteiger partial charge on any atom is -0.502 e. The molecule has 0 spiro atoms. The third-order valence-electron chi connectivity index (χ3n) is 2.32. The predicted octanol–water partition coefficient (Wildman–Crippen LogP) is 2.51. The van der Waals surface area contributed by atoms with Crippen LogP contribution in [-0.4, -0.2) is 5.11 Å². The Labute approximate surface area is 99.6 Å². The summed E-state index contributed by atoms with van der Waals surface area (Å²) in [5.41, 5.74) is 1.26. The Morgan fingerprint density at radius 3 is 2.56 bits per heavy atom. The van der Waals surface area contributed by atoms with Gasteiger partial charge in [0.2, 0.25) is 0 Å². The second-order valence-electron chi connectivity index (χ2n) is 3.58. The number of hydrogen-bond acceptors (Lipinski definition) is 2. The van der Waals surface area contributed by atoms with E-state index in [1.54, 1.807) is 17.8 Å². The lowest BCUT2D eigenvalue weighted by Crippen LogP contribution is -2.29. The molecule has 3 heteroatoms. The summed E-state index contributed by atoms with van der Waals surface area (Å²) in [6.07, 6.45) is 1.94. The highest BCUT2D eigenvalue weighted by Gasteiger charge is 2.12. The number of rotatable bonds is 3. The fraction of sp³-hybridized carbons (Fsp3) is 0.154. The molecule has 2 aromatic rings. The maximum absolute atomic E-state index is 9.73. The Bertz CT molecular complexity index is 450. The number of thioether (sulfide) groups is 1. The van der Waals surface area contributed by atoms with Gasteiger partial charge in [-0.3, -0.25) is 0 Å². The largest absolute Gasteiger partial charge is 0.502 e. The lowest BCUT2D eigenvalue weighted by Gasteiger charge is -2.02. The number of benzene rings is 1. The molecule has 0 aliphatic heterocycles. The van der Waals surface area contributed by atoms with Crippen molar-refractivity contribution in [2.45, 2.75) is 10.8 Å². The number of aryl methyl sites for hydroxylation is 1. The number of pyridine rings is 1. The van der Waals surface area contributed by atoms with E-state index >= 15 is 0 Å². The molecule has 0 atom stereocenters. The lowest BCUT2D eigenvalue weighted by molar-refractivity contribution is -0.709. The fourth-order valence-electron chi connectivity index (χ4n) is 1.48. The third kappa shape index (κ3) is 2.55. The third-order valence-corrected chi connectivity index (χ3v) is 3.57. The van der Waals surface area contributed by atoms with Crippen LogP contribution in [0.4, 0.5) is 0 Å². The molecule has 0 aliphatic rings. The van der Waals surface area contributed by atoms with Crippen molar-refractivity contribution in [3.63, 3.8) is 0 Å². The molecule has 82 valence electrons. The number of hydrogen-bond donors (Lipinski definition) is 1. The average molecular weight is 232 g/mol. The van der Waals surface area contributed by atoms with Gasteiger partial charge in [0.1, 0.15) is 7.05 Å². The molecule has 0 saturated heterocycles. The van der Waals surface area contributed by atoms with Crippen LogP contribution in [0.1, 0.15) is 5.56 Å². The molecule has 1 aromatic heterocycles. The standard InChI is InChI=1S/C13H13NOS/c1-14-9-5-8-12(15)13(14)16-10-11-6-3-2-4-7-11/h2-9H,10H2,1H3/p+1. The Morgan fingerprint density at radius 2 is 1.88 bits per heavy atom. The predicted molar refractivity (Wildman–Crippen MR) is 65.3 cm³/mol. The van der Waals surface area contributed by atoms with Gasteiger partial charge < -0.3 is 5.11 Å². The van der Waals surface area contributed by atoms with Crippen LogP contribution in [0.3, 0.4) is 0 Å². The summed E-state index contributed by atoms with van der Waals surface area (Å²) in [4.78, 5) is 0. The molecule has 1 N–H and O–H groups in total. The molecule has 16 heavy (non-hydrogen) atoms. The highest BCUT2D eigenvalue weighted by Crippen LogP contribution is 2.26. The maximum Gasteiger partial charge on any atom is 0.282 e. The van der Waals surface area contributed by atoms with Crippen LogP contribution >= 0.6 is 11.8 Å². The van der Waals surface area contributed by atoms with Crippen LogP contribution in [0.5, 0.6) is 5.75 Å². The van der Waals surface area contributed by atoms with Gasteiger partial charge in [0.25, 0.3) is 5.03 Å². The van der Waals surface area contributed by atoms with E-state index in [4.69, 9.17) is 0 Å². The number of aromatic hydroxyl groups is 1. The van der Waals surface area contributed by atoms with Crippen molar-refractivity contribution in [3.05, 3.63) is 54.2 Å². The van der Waals surface area contributed by atoms with E-state index in [1.165, 1.54) is 5.56 Å². The highest BCUT2D eigenvalue weighted by molar-refractivity contribution is 7.98. The van der Waals surface area contributed by atoms with E-state index in [0.29, 0.717) is 5.75 Å². The molecule has 1 aromatic carbocycles. The lowest BCUT2D eigenvalue weighted by atomic mass is 10.2. The quantitative estimate of drug-likeness (QED) is 0.649. The first-order chi connectivity index (χ1) is 7.77. The van der Waals surface area contributed by atoms with Crippen LogP contribution in [0.2, 0.25) is 0 Å². The van der Waals surface area contributed by atoms with E-state index in [1.807, 2.05) is 42.1 Å². The second kappa shape index (κ2) is 5.03.